The van der Waals surface area contributed by atoms with E-state index in [0.29, 0.717) is 17.0 Å². The van der Waals surface area contributed by atoms with Gasteiger partial charge in [0.1, 0.15) is 5.75 Å². The number of ether oxygens (including phenoxy) is 1. The summed E-state index contributed by atoms with van der Waals surface area (Å²) < 4.78 is 10.9. The van der Waals surface area contributed by atoms with Crippen molar-refractivity contribution in [2.24, 2.45) is 5.92 Å². The van der Waals surface area contributed by atoms with Crippen molar-refractivity contribution < 1.29 is 9.15 Å². The Labute approximate surface area is 111 Å². The van der Waals surface area contributed by atoms with Crippen LogP contribution in [-0.4, -0.2) is 23.1 Å². The number of methoxy groups -OCH3 is 1. The molecule has 1 heterocycles. The first-order chi connectivity index (χ1) is 8.70. The zero-order valence-corrected chi connectivity index (χ0v) is 11.5. The lowest BCUT2D eigenvalue weighted by Crippen LogP contribution is -1.89. The van der Waals surface area contributed by atoms with Crippen LogP contribution in [0.4, 0.5) is 0 Å². The summed E-state index contributed by atoms with van der Waals surface area (Å²) in [5.41, 5.74) is 0.823. The molecule has 0 unspecified atom stereocenters. The fourth-order valence-electron chi connectivity index (χ4n) is 1.44. The molecular formula is C13H16N2O2S. The van der Waals surface area contributed by atoms with Crippen LogP contribution in [0, 0.1) is 5.92 Å². The predicted octanol–water partition coefficient (Wildman–Crippen LogP) is 3.49. The third-order valence-corrected chi connectivity index (χ3v) is 3.53. The molecule has 0 fully saturated rings. The zero-order chi connectivity index (χ0) is 13.0. The molecule has 1 aromatic heterocycles. The van der Waals surface area contributed by atoms with Gasteiger partial charge in [-0.15, -0.1) is 10.2 Å². The summed E-state index contributed by atoms with van der Waals surface area (Å²) in [6.45, 7) is 4.31. The monoisotopic (exact) mass is 264 g/mol. The van der Waals surface area contributed by atoms with Crippen LogP contribution < -0.4 is 4.74 Å². The summed E-state index contributed by atoms with van der Waals surface area (Å²) >= 11 is 1.58. The standard InChI is InChI=1S/C13H16N2O2S/c1-9(2)8-18-13-15-14-12(17-13)10-6-4-5-7-11(10)16-3/h4-7,9H,8H2,1-3H3. The molecule has 0 aliphatic rings. The van der Waals surface area contributed by atoms with Crippen molar-refractivity contribution in [2.45, 2.75) is 19.1 Å². The van der Waals surface area contributed by atoms with E-state index in [4.69, 9.17) is 9.15 Å². The number of para-hydroxylation sites is 1. The van der Waals surface area contributed by atoms with Crippen LogP contribution in [0.15, 0.2) is 33.9 Å². The second-order valence-electron chi connectivity index (χ2n) is 4.28. The molecule has 0 N–H and O–H groups in total. The van der Waals surface area contributed by atoms with E-state index in [0.717, 1.165) is 17.1 Å². The van der Waals surface area contributed by atoms with Gasteiger partial charge >= 0.3 is 0 Å². The first kappa shape index (κ1) is 13.0. The maximum absolute atomic E-state index is 5.62. The fourth-order valence-corrected chi connectivity index (χ4v) is 2.15. The quantitative estimate of drug-likeness (QED) is 0.774. The molecule has 0 atom stereocenters. The molecule has 0 bridgehead atoms. The molecule has 0 saturated carbocycles. The van der Waals surface area contributed by atoms with E-state index in [1.165, 1.54) is 0 Å². The molecule has 0 saturated heterocycles. The highest BCUT2D eigenvalue weighted by molar-refractivity contribution is 7.99. The minimum atomic E-state index is 0.499. The topological polar surface area (TPSA) is 48.2 Å². The van der Waals surface area contributed by atoms with Crippen LogP contribution in [0.5, 0.6) is 5.75 Å². The number of benzene rings is 1. The zero-order valence-electron chi connectivity index (χ0n) is 10.7. The maximum Gasteiger partial charge on any atom is 0.276 e. The van der Waals surface area contributed by atoms with Crippen LogP contribution in [0.25, 0.3) is 11.5 Å². The van der Waals surface area contributed by atoms with Crippen molar-refractivity contribution >= 4 is 11.8 Å². The van der Waals surface area contributed by atoms with Gasteiger partial charge in [-0.2, -0.15) is 0 Å². The van der Waals surface area contributed by atoms with E-state index in [1.807, 2.05) is 24.3 Å². The first-order valence-corrected chi connectivity index (χ1v) is 6.79. The van der Waals surface area contributed by atoms with E-state index in [9.17, 15) is 0 Å². The second kappa shape index (κ2) is 5.91. The smallest absolute Gasteiger partial charge is 0.276 e. The maximum atomic E-state index is 5.62. The number of rotatable bonds is 5. The van der Waals surface area contributed by atoms with E-state index in [1.54, 1.807) is 18.9 Å². The van der Waals surface area contributed by atoms with Crippen LogP contribution in [0.3, 0.4) is 0 Å². The molecule has 2 rings (SSSR count). The number of nitrogens with zero attached hydrogens (tertiary/aromatic N) is 2. The summed E-state index contributed by atoms with van der Waals surface area (Å²) in [6.07, 6.45) is 0. The summed E-state index contributed by atoms with van der Waals surface area (Å²) in [4.78, 5) is 0. The van der Waals surface area contributed by atoms with E-state index in [2.05, 4.69) is 24.0 Å². The highest BCUT2D eigenvalue weighted by Crippen LogP contribution is 2.30. The second-order valence-corrected chi connectivity index (χ2v) is 5.25. The van der Waals surface area contributed by atoms with Crippen molar-refractivity contribution in [2.75, 3.05) is 12.9 Å². The van der Waals surface area contributed by atoms with Crippen molar-refractivity contribution in [3.8, 4) is 17.2 Å². The van der Waals surface area contributed by atoms with Crippen molar-refractivity contribution in [3.05, 3.63) is 24.3 Å². The van der Waals surface area contributed by atoms with Crippen LogP contribution in [-0.2, 0) is 0 Å². The van der Waals surface area contributed by atoms with Gasteiger partial charge in [0.15, 0.2) is 0 Å². The van der Waals surface area contributed by atoms with Gasteiger partial charge in [0.05, 0.1) is 12.7 Å². The Balaban J connectivity index is 2.18. The van der Waals surface area contributed by atoms with Crippen LogP contribution >= 0.6 is 11.8 Å². The molecule has 0 aliphatic heterocycles. The van der Waals surface area contributed by atoms with Gasteiger partial charge in [-0.3, -0.25) is 0 Å². The predicted molar refractivity (Wildman–Crippen MR) is 71.8 cm³/mol. The highest BCUT2D eigenvalue weighted by atomic mass is 32.2. The average Bonchev–Trinajstić information content (AvgIpc) is 2.85. The first-order valence-electron chi connectivity index (χ1n) is 5.80. The van der Waals surface area contributed by atoms with Gasteiger partial charge in [0.25, 0.3) is 11.1 Å². The summed E-state index contributed by atoms with van der Waals surface area (Å²) in [5.74, 6) is 2.80. The summed E-state index contributed by atoms with van der Waals surface area (Å²) in [5, 5.41) is 8.69. The van der Waals surface area contributed by atoms with Crippen LogP contribution in [0.1, 0.15) is 13.8 Å². The molecule has 0 amide bonds. The lowest BCUT2D eigenvalue weighted by Gasteiger charge is -2.03. The number of aromatic nitrogens is 2. The Morgan fingerprint density at radius 3 is 2.78 bits per heavy atom. The minimum Gasteiger partial charge on any atom is -0.496 e. The molecule has 96 valence electrons. The molecule has 4 nitrogen and oxygen atoms in total. The SMILES string of the molecule is COc1ccccc1-c1nnc(SCC(C)C)o1. The summed E-state index contributed by atoms with van der Waals surface area (Å²) in [6, 6.07) is 7.61. The van der Waals surface area contributed by atoms with Crippen molar-refractivity contribution in [1.29, 1.82) is 0 Å². The normalized spacial score (nSPS) is 10.9. The van der Waals surface area contributed by atoms with E-state index in [-0.39, 0.29) is 0 Å². The largest absolute Gasteiger partial charge is 0.496 e. The van der Waals surface area contributed by atoms with E-state index >= 15 is 0 Å². The molecule has 1 aromatic carbocycles. The molecule has 5 heteroatoms. The molecule has 0 aliphatic carbocycles. The summed E-state index contributed by atoms with van der Waals surface area (Å²) in [7, 11) is 1.63. The fraction of sp³-hybridized carbons (Fsp3) is 0.385. The Morgan fingerprint density at radius 1 is 1.28 bits per heavy atom. The molecule has 18 heavy (non-hydrogen) atoms. The van der Waals surface area contributed by atoms with Crippen molar-refractivity contribution in [3.63, 3.8) is 0 Å². The molecular weight excluding hydrogens is 248 g/mol. The van der Waals surface area contributed by atoms with Gasteiger partial charge in [0, 0.05) is 5.75 Å². The Morgan fingerprint density at radius 2 is 2.06 bits per heavy atom. The van der Waals surface area contributed by atoms with Gasteiger partial charge in [-0.05, 0) is 18.1 Å². The van der Waals surface area contributed by atoms with E-state index < -0.39 is 0 Å². The third kappa shape index (κ3) is 3.04. The van der Waals surface area contributed by atoms with Gasteiger partial charge in [-0.25, -0.2) is 0 Å². The van der Waals surface area contributed by atoms with Crippen LogP contribution in [0.2, 0.25) is 0 Å². The Kier molecular flexibility index (Phi) is 4.25. The Hall–Kier alpha value is -1.49. The number of hydrogen-bond acceptors (Lipinski definition) is 5. The van der Waals surface area contributed by atoms with Gasteiger partial charge in [-0.1, -0.05) is 37.7 Å². The van der Waals surface area contributed by atoms with Gasteiger partial charge in [0.2, 0.25) is 0 Å². The minimum absolute atomic E-state index is 0.499. The van der Waals surface area contributed by atoms with Gasteiger partial charge < -0.3 is 9.15 Å². The molecule has 2 aromatic rings. The molecule has 0 spiro atoms. The number of hydrogen-bond donors (Lipinski definition) is 0. The Bertz CT molecular complexity index is 511. The third-order valence-electron chi connectivity index (χ3n) is 2.28. The number of thioether (sulfide) groups is 1. The lowest BCUT2D eigenvalue weighted by molar-refractivity contribution is 0.411. The average molecular weight is 264 g/mol. The molecule has 0 radical (unpaired) electrons. The van der Waals surface area contributed by atoms with Crippen molar-refractivity contribution in [1.82, 2.24) is 10.2 Å². The lowest BCUT2D eigenvalue weighted by atomic mass is 10.2. The highest BCUT2D eigenvalue weighted by Gasteiger charge is 2.13.